The summed E-state index contributed by atoms with van der Waals surface area (Å²) in [5.41, 5.74) is 1.81. The number of hydrogen-bond acceptors (Lipinski definition) is 5. The molecular formula is C13H24N2O2S. The van der Waals surface area contributed by atoms with Crippen LogP contribution in [0, 0.1) is 5.92 Å². The van der Waals surface area contributed by atoms with Gasteiger partial charge < -0.3 is 15.2 Å². The standard InChI is InChI=1S/C13H24N2O2S/c1-10(2)4-11(3)17-8-12(16)5-14-6-13-7-15-9-18-13/h7,9-12,14,16H,4-6,8H2,1-3H3. The minimum atomic E-state index is -0.451. The molecule has 0 fully saturated rings. The lowest BCUT2D eigenvalue weighted by Crippen LogP contribution is -2.31. The van der Waals surface area contributed by atoms with Crippen LogP contribution in [0.4, 0.5) is 0 Å². The van der Waals surface area contributed by atoms with Gasteiger partial charge in [-0.15, -0.1) is 11.3 Å². The fourth-order valence-corrected chi connectivity index (χ4v) is 2.32. The average molecular weight is 272 g/mol. The van der Waals surface area contributed by atoms with Gasteiger partial charge in [-0.3, -0.25) is 4.98 Å². The Kier molecular flexibility index (Phi) is 7.42. The molecule has 1 heterocycles. The predicted molar refractivity (Wildman–Crippen MR) is 74.7 cm³/mol. The van der Waals surface area contributed by atoms with Crippen molar-refractivity contribution < 1.29 is 9.84 Å². The minimum Gasteiger partial charge on any atom is -0.389 e. The zero-order valence-electron chi connectivity index (χ0n) is 11.4. The maximum absolute atomic E-state index is 9.76. The molecule has 0 spiro atoms. The number of aliphatic hydroxyl groups excluding tert-OH is 1. The molecule has 2 N–H and O–H groups in total. The first-order valence-corrected chi connectivity index (χ1v) is 7.33. The lowest BCUT2D eigenvalue weighted by Gasteiger charge is -2.18. The molecule has 0 saturated carbocycles. The van der Waals surface area contributed by atoms with Crippen LogP contribution in [-0.2, 0) is 11.3 Å². The second-order valence-corrected chi connectivity index (χ2v) is 6.00. The third-order valence-electron chi connectivity index (χ3n) is 2.54. The molecule has 2 atom stereocenters. The molecule has 5 heteroatoms. The van der Waals surface area contributed by atoms with Crippen LogP contribution in [0.3, 0.4) is 0 Å². The number of thiazole rings is 1. The molecule has 0 amide bonds. The molecule has 4 nitrogen and oxygen atoms in total. The zero-order chi connectivity index (χ0) is 13.4. The Labute approximate surface area is 113 Å². The van der Waals surface area contributed by atoms with Crippen molar-refractivity contribution in [2.75, 3.05) is 13.2 Å². The number of aromatic nitrogens is 1. The molecule has 0 aliphatic heterocycles. The Balaban J connectivity index is 2.04. The number of rotatable bonds is 9. The van der Waals surface area contributed by atoms with Crippen LogP contribution >= 0.6 is 11.3 Å². The third-order valence-corrected chi connectivity index (χ3v) is 3.32. The van der Waals surface area contributed by atoms with Crippen molar-refractivity contribution in [3.8, 4) is 0 Å². The van der Waals surface area contributed by atoms with Crippen LogP contribution in [0.5, 0.6) is 0 Å². The lowest BCUT2D eigenvalue weighted by molar-refractivity contribution is -0.00855. The summed E-state index contributed by atoms with van der Waals surface area (Å²) in [6.45, 7) is 8.09. The highest BCUT2D eigenvalue weighted by atomic mass is 32.1. The van der Waals surface area contributed by atoms with Crippen LogP contribution in [0.15, 0.2) is 11.7 Å². The van der Waals surface area contributed by atoms with E-state index in [-0.39, 0.29) is 6.10 Å². The summed E-state index contributed by atoms with van der Waals surface area (Å²) in [5, 5.41) is 13.0. The van der Waals surface area contributed by atoms with Crippen molar-refractivity contribution in [2.24, 2.45) is 5.92 Å². The lowest BCUT2D eigenvalue weighted by atomic mass is 10.1. The number of nitrogens with one attached hydrogen (secondary N) is 1. The topological polar surface area (TPSA) is 54.4 Å². The van der Waals surface area contributed by atoms with Gasteiger partial charge in [-0.05, 0) is 19.3 Å². The van der Waals surface area contributed by atoms with Crippen molar-refractivity contribution in [3.05, 3.63) is 16.6 Å². The summed E-state index contributed by atoms with van der Waals surface area (Å²) in [6, 6.07) is 0. The Bertz CT molecular complexity index is 304. The van der Waals surface area contributed by atoms with Gasteiger partial charge in [0.25, 0.3) is 0 Å². The molecule has 1 aromatic rings. The monoisotopic (exact) mass is 272 g/mol. The summed E-state index contributed by atoms with van der Waals surface area (Å²) in [6.07, 6.45) is 2.63. The predicted octanol–water partition coefficient (Wildman–Crippen LogP) is 2.04. The second-order valence-electron chi connectivity index (χ2n) is 5.03. The molecule has 0 radical (unpaired) electrons. The van der Waals surface area contributed by atoms with E-state index in [9.17, 15) is 5.11 Å². The molecule has 104 valence electrons. The number of hydrogen-bond donors (Lipinski definition) is 2. The normalized spacial score (nSPS) is 14.9. The quantitative estimate of drug-likeness (QED) is 0.722. The van der Waals surface area contributed by atoms with E-state index in [1.807, 2.05) is 11.7 Å². The molecule has 2 unspecified atom stereocenters. The Hall–Kier alpha value is -0.490. The van der Waals surface area contributed by atoms with Gasteiger partial charge in [-0.2, -0.15) is 0 Å². The summed E-state index contributed by atoms with van der Waals surface area (Å²) >= 11 is 1.61. The summed E-state index contributed by atoms with van der Waals surface area (Å²) in [7, 11) is 0. The Morgan fingerprint density at radius 3 is 2.83 bits per heavy atom. The first-order chi connectivity index (χ1) is 8.58. The first kappa shape index (κ1) is 15.6. The van der Waals surface area contributed by atoms with Gasteiger partial charge in [0.1, 0.15) is 0 Å². The Morgan fingerprint density at radius 2 is 2.22 bits per heavy atom. The van der Waals surface area contributed by atoms with E-state index in [4.69, 9.17) is 4.74 Å². The summed E-state index contributed by atoms with van der Waals surface area (Å²) < 4.78 is 5.60. The highest BCUT2D eigenvalue weighted by Gasteiger charge is 2.09. The molecule has 0 aliphatic rings. The highest BCUT2D eigenvalue weighted by molar-refractivity contribution is 7.09. The van der Waals surface area contributed by atoms with E-state index in [0.717, 1.165) is 13.0 Å². The van der Waals surface area contributed by atoms with Gasteiger partial charge in [0, 0.05) is 24.2 Å². The minimum absolute atomic E-state index is 0.209. The number of aliphatic hydroxyl groups is 1. The Morgan fingerprint density at radius 1 is 1.44 bits per heavy atom. The van der Waals surface area contributed by atoms with E-state index in [2.05, 4.69) is 31.1 Å². The van der Waals surface area contributed by atoms with Gasteiger partial charge in [0.15, 0.2) is 0 Å². The molecule has 1 rings (SSSR count). The maximum Gasteiger partial charge on any atom is 0.0897 e. The molecule has 18 heavy (non-hydrogen) atoms. The smallest absolute Gasteiger partial charge is 0.0897 e. The van der Waals surface area contributed by atoms with Crippen molar-refractivity contribution in [1.82, 2.24) is 10.3 Å². The zero-order valence-corrected chi connectivity index (χ0v) is 12.2. The van der Waals surface area contributed by atoms with Crippen LogP contribution in [0.25, 0.3) is 0 Å². The molecule has 0 aromatic carbocycles. The number of nitrogens with zero attached hydrogens (tertiary/aromatic N) is 1. The van der Waals surface area contributed by atoms with Crippen LogP contribution in [-0.4, -0.2) is 35.5 Å². The van der Waals surface area contributed by atoms with Gasteiger partial charge >= 0.3 is 0 Å². The highest BCUT2D eigenvalue weighted by Crippen LogP contribution is 2.08. The van der Waals surface area contributed by atoms with Crippen LogP contribution < -0.4 is 5.32 Å². The van der Waals surface area contributed by atoms with E-state index < -0.39 is 6.10 Å². The third kappa shape index (κ3) is 7.06. The first-order valence-electron chi connectivity index (χ1n) is 6.45. The molecule has 0 bridgehead atoms. The van der Waals surface area contributed by atoms with Gasteiger partial charge in [-0.1, -0.05) is 13.8 Å². The van der Waals surface area contributed by atoms with Crippen molar-refractivity contribution in [2.45, 2.75) is 45.9 Å². The molecular weight excluding hydrogens is 248 g/mol. The SMILES string of the molecule is CC(C)CC(C)OCC(O)CNCc1cncs1. The van der Waals surface area contributed by atoms with E-state index in [1.165, 1.54) is 4.88 Å². The molecule has 0 saturated heterocycles. The number of ether oxygens (including phenoxy) is 1. The largest absolute Gasteiger partial charge is 0.389 e. The van der Waals surface area contributed by atoms with Crippen LogP contribution in [0.1, 0.15) is 32.1 Å². The maximum atomic E-state index is 9.76. The van der Waals surface area contributed by atoms with Crippen molar-refractivity contribution in [3.63, 3.8) is 0 Å². The van der Waals surface area contributed by atoms with E-state index >= 15 is 0 Å². The van der Waals surface area contributed by atoms with Crippen molar-refractivity contribution in [1.29, 1.82) is 0 Å². The average Bonchev–Trinajstić information content (AvgIpc) is 2.78. The second kappa shape index (κ2) is 8.58. The van der Waals surface area contributed by atoms with E-state index in [0.29, 0.717) is 19.1 Å². The molecule has 0 aliphatic carbocycles. The van der Waals surface area contributed by atoms with Gasteiger partial charge in [0.2, 0.25) is 0 Å². The van der Waals surface area contributed by atoms with Gasteiger partial charge in [-0.25, -0.2) is 0 Å². The molecule has 1 aromatic heterocycles. The summed E-state index contributed by atoms with van der Waals surface area (Å²) in [5.74, 6) is 0.626. The fraction of sp³-hybridized carbons (Fsp3) is 0.769. The summed E-state index contributed by atoms with van der Waals surface area (Å²) in [4.78, 5) is 5.18. The fourth-order valence-electron chi connectivity index (χ4n) is 1.76. The van der Waals surface area contributed by atoms with Gasteiger partial charge in [0.05, 0.1) is 24.3 Å². The van der Waals surface area contributed by atoms with Crippen LogP contribution in [0.2, 0.25) is 0 Å². The van der Waals surface area contributed by atoms with E-state index in [1.54, 1.807) is 11.3 Å². The van der Waals surface area contributed by atoms with Crippen molar-refractivity contribution >= 4 is 11.3 Å².